The predicted molar refractivity (Wildman–Crippen MR) is 73.4 cm³/mol. The molecule has 1 N–H and O–H groups in total. The van der Waals surface area contributed by atoms with Gasteiger partial charge in [0.05, 0.1) is 18.1 Å². The molecule has 5 heteroatoms. The van der Waals surface area contributed by atoms with E-state index in [1.54, 1.807) is 0 Å². The fraction of sp³-hybridized carbons (Fsp3) is 0.538. The van der Waals surface area contributed by atoms with Gasteiger partial charge in [-0.05, 0) is 12.1 Å². The van der Waals surface area contributed by atoms with Gasteiger partial charge in [0.25, 0.3) is 0 Å². The molecule has 18 heavy (non-hydrogen) atoms. The molecule has 0 saturated heterocycles. The number of methoxy groups -OCH3 is 1. The molecule has 1 unspecified atom stereocenters. The molecule has 0 saturated carbocycles. The van der Waals surface area contributed by atoms with Crippen molar-refractivity contribution in [1.29, 1.82) is 0 Å². The van der Waals surface area contributed by atoms with E-state index in [2.05, 4.69) is 5.32 Å². The maximum Gasteiger partial charge on any atom is 0.154 e. The second-order valence-corrected chi connectivity index (χ2v) is 6.36. The van der Waals surface area contributed by atoms with Crippen LogP contribution in [0.5, 0.6) is 0 Å². The summed E-state index contributed by atoms with van der Waals surface area (Å²) in [4.78, 5) is 0. The van der Waals surface area contributed by atoms with Gasteiger partial charge in [0.2, 0.25) is 0 Å². The minimum Gasteiger partial charge on any atom is -0.384 e. The number of benzene rings is 1. The van der Waals surface area contributed by atoms with Crippen LogP contribution in [0.3, 0.4) is 0 Å². The molecule has 0 aliphatic rings. The standard InChI is InChI=1S/C13H21NO3S/c1-3-14-13(12-7-5-4-6-8-12)11-18(15,16)10-9-17-2/h4-8,13-14H,3,9-11H2,1-2H3. The zero-order chi connectivity index (χ0) is 13.4. The lowest BCUT2D eigenvalue weighted by molar-refractivity contribution is 0.217. The van der Waals surface area contributed by atoms with Crippen molar-refractivity contribution in [2.45, 2.75) is 13.0 Å². The molecule has 0 aliphatic heterocycles. The maximum absolute atomic E-state index is 11.9. The molecule has 0 aliphatic carbocycles. The molecule has 4 nitrogen and oxygen atoms in total. The van der Waals surface area contributed by atoms with Gasteiger partial charge in [-0.3, -0.25) is 0 Å². The van der Waals surface area contributed by atoms with E-state index in [0.29, 0.717) is 0 Å². The van der Waals surface area contributed by atoms with E-state index in [0.717, 1.165) is 12.1 Å². The molecule has 102 valence electrons. The molecule has 1 atom stereocenters. The molecular weight excluding hydrogens is 250 g/mol. The molecule has 0 amide bonds. The highest BCUT2D eigenvalue weighted by Crippen LogP contribution is 2.15. The van der Waals surface area contributed by atoms with Crippen LogP contribution in [0.2, 0.25) is 0 Å². The number of nitrogens with one attached hydrogen (secondary N) is 1. The predicted octanol–water partition coefficient (Wildman–Crippen LogP) is 1.40. The highest BCUT2D eigenvalue weighted by Gasteiger charge is 2.19. The third kappa shape index (κ3) is 5.16. The van der Waals surface area contributed by atoms with Gasteiger partial charge in [0, 0.05) is 13.2 Å². The van der Waals surface area contributed by atoms with Crippen molar-refractivity contribution >= 4 is 9.84 Å². The topological polar surface area (TPSA) is 55.4 Å². The number of rotatable bonds is 8. The third-order valence-electron chi connectivity index (χ3n) is 2.67. The molecule has 1 aromatic rings. The first kappa shape index (κ1) is 15.1. The van der Waals surface area contributed by atoms with Crippen LogP contribution in [0.15, 0.2) is 30.3 Å². The molecule has 1 aromatic carbocycles. The van der Waals surface area contributed by atoms with E-state index in [9.17, 15) is 8.42 Å². The van der Waals surface area contributed by atoms with Crippen LogP contribution < -0.4 is 5.32 Å². The van der Waals surface area contributed by atoms with Crippen LogP contribution in [-0.4, -0.2) is 40.2 Å². The van der Waals surface area contributed by atoms with Crippen LogP contribution >= 0.6 is 0 Å². The fourth-order valence-corrected chi connectivity index (χ4v) is 3.16. The largest absolute Gasteiger partial charge is 0.384 e. The summed E-state index contributed by atoms with van der Waals surface area (Å²) in [6, 6.07) is 9.49. The SMILES string of the molecule is CCNC(CS(=O)(=O)CCOC)c1ccccc1. The number of hydrogen-bond donors (Lipinski definition) is 1. The van der Waals surface area contributed by atoms with Gasteiger partial charge >= 0.3 is 0 Å². The smallest absolute Gasteiger partial charge is 0.154 e. The fourth-order valence-electron chi connectivity index (χ4n) is 1.75. The first-order valence-electron chi connectivity index (χ1n) is 6.06. The van der Waals surface area contributed by atoms with E-state index >= 15 is 0 Å². The van der Waals surface area contributed by atoms with Crippen molar-refractivity contribution in [2.75, 3.05) is 31.8 Å². The Morgan fingerprint density at radius 1 is 1.28 bits per heavy atom. The lowest BCUT2D eigenvalue weighted by atomic mass is 10.1. The average Bonchev–Trinajstić information content (AvgIpc) is 2.37. The summed E-state index contributed by atoms with van der Waals surface area (Å²) >= 11 is 0. The monoisotopic (exact) mass is 271 g/mol. The molecule has 0 radical (unpaired) electrons. The first-order chi connectivity index (χ1) is 8.59. The Morgan fingerprint density at radius 3 is 2.50 bits per heavy atom. The van der Waals surface area contributed by atoms with Gasteiger partial charge in [0.1, 0.15) is 0 Å². The Labute approximate surface area is 109 Å². The molecule has 0 heterocycles. The second-order valence-electron chi connectivity index (χ2n) is 4.13. The van der Waals surface area contributed by atoms with E-state index in [-0.39, 0.29) is 24.2 Å². The quantitative estimate of drug-likeness (QED) is 0.776. The van der Waals surface area contributed by atoms with Gasteiger partial charge in [-0.15, -0.1) is 0 Å². The second kappa shape index (κ2) is 7.51. The highest BCUT2D eigenvalue weighted by molar-refractivity contribution is 7.91. The number of ether oxygens (including phenoxy) is 1. The van der Waals surface area contributed by atoms with Crippen molar-refractivity contribution in [1.82, 2.24) is 5.32 Å². The maximum atomic E-state index is 11.9. The molecular formula is C13H21NO3S. The Bertz CT molecular complexity index is 431. The zero-order valence-electron chi connectivity index (χ0n) is 10.9. The summed E-state index contributed by atoms with van der Waals surface area (Å²) in [5.74, 6) is 0.173. The van der Waals surface area contributed by atoms with Crippen LogP contribution in [0.4, 0.5) is 0 Å². The minimum absolute atomic E-state index is 0.0677. The van der Waals surface area contributed by atoms with E-state index < -0.39 is 9.84 Å². The number of hydrogen-bond acceptors (Lipinski definition) is 4. The van der Waals surface area contributed by atoms with E-state index in [1.807, 2.05) is 37.3 Å². The van der Waals surface area contributed by atoms with Crippen molar-refractivity contribution < 1.29 is 13.2 Å². The van der Waals surface area contributed by atoms with Gasteiger partial charge in [0.15, 0.2) is 9.84 Å². The van der Waals surface area contributed by atoms with Crippen molar-refractivity contribution in [2.24, 2.45) is 0 Å². The summed E-state index contributed by atoms with van der Waals surface area (Å²) in [6.45, 7) is 2.95. The normalized spacial score (nSPS) is 13.4. The minimum atomic E-state index is -3.10. The van der Waals surface area contributed by atoms with Crippen LogP contribution in [0, 0.1) is 0 Å². The van der Waals surface area contributed by atoms with Crippen LogP contribution in [0.1, 0.15) is 18.5 Å². The summed E-state index contributed by atoms with van der Waals surface area (Å²) in [6.07, 6.45) is 0. The van der Waals surface area contributed by atoms with E-state index in [4.69, 9.17) is 4.74 Å². The van der Waals surface area contributed by atoms with Gasteiger partial charge in [-0.2, -0.15) is 0 Å². The van der Waals surface area contributed by atoms with E-state index in [1.165, 1.54) is 7.11 Å². The summed E-state index contributed by atoms with van der Waals surface area (Å²) in [5, 5.41) is 3.21. The Morgan fingerprint density at radius 2 is 1.94 bits per heavy atom. The summed E-state index contributed by atoms with van der Waals surface area (Å²) in [5.41, 5.74) is 1.00. The first-order valence-corrected chi connectivity index (χ1v) is 7.89. The van der Waals surface area contributed by atoms with Gasteiger partial charge in [-0.1, -0.05) is 37.3 Å². The lowest BCUT2D eigenvalue weighted by Crippen LogP contribution is -2.29. The van der Waals surface area contributed by atoms with Crippen molar-refractivity contribution in [3.8, 4) is 0 Å². The van der Waals surface area contributed by atoms with Crippen LogP contribution in [-0.2, 0) is 14.6 Å². The summed E-state index contributed by atoms with van der Waals surface area (Å²) < 4.78 is 28.7. The highest BCUT2D eigenvalue weighted by atomic mass is 32.2. The average molecular weight is 271 g/mol. The van der Waals surface area contributed by atoms with Crippen molar-refractivity contribution in [3.05, 3.63) is 35.9 Å². The molecule has 1 rings (SSSR count). The van der Waals surface area contributed by atoms with Crippen molar-refractivity contribution in [3.63, 3.8) is 0 Å². The Hall–Kier alpha value is -0.910. The Kier molecular flexibility index (Phi) is 6.32. The molecule has 0 fully saturated rings. The zero-order valence-corrected chi connectivity index (χ0v) is 11.7. The lowest BCUT2D eigenvalue weighted by Gasteiger charge is -2.18. The third-order valence-corrected chi connectivity index (χ3v) is 4.30. The summed E-state index contributed by atoms with van der Waals surface area (Å²) in [7, 11) is -1.59. The molecule has 0 aromatic heterocycles. The van der Waals surface area contributed by atoms with Gasteiger partial charge in [-0.25, -0.2) is 8.42 Å². The molecule has 0 bridgehead atoms. The number of sulfone groups is 1. The van der Waals surface area contributed by atoms with Gasteiger partial charge < -0.3 is 10.1 Å². The Balaban J connectivity index is 2.75. The molecule has 0 spiro atoms. The van der Waals surface area contributed by atoms with Crippen LogP contribution in [0.25, 0.3) is 0 Å².